The van der Waals surface area contributed by atoms with Crippen molar-refractivity contribution < 1.29 is 4.79 Å². The zero-order valence-electron chi connectivity index (χ0n) is 16.5. The lowest BCUT2D eigenvalue weighted by Gasteiger charge is -2.34. The van der Waals surface area contributed by atoms with E-state index in [1.54, 1.807) is 34.9 Å². The molecule has 1 N–H and O–H groups in total. The van der Waals surface area contributed by atoms with Gasteiger partial charge in [0.05, 0.1) is 11.4 Å². The highest BCUT2D eigenvalue weighted by molar-refractivity contribution is 7.15. The summed E-state index contributed by atoms with van der Waals surface area (Å²) in [4.78, 5) is 34.3. The first-order valence-electron chi connectivity index (χ1n) is 9.85. The van der Waals surface area contributed by atoms with Crippen LogP contribution in [0.25, 0.3) is 16.2 Å². The number of aromatic amines is 1. The van der Waals surface area contributed by atoms with Crippen LogP contribution in [-0.2, 0) is 6.54 Å². The second-order valence-electron chi connectivity index (χ2n) is 7.38. The maximum absolute atomic E-state index is 12.9. The van der Waals surface area contributed by atoms with E-state index < -0.39 is 0 Å². The molecule has 4 aromatic rings. The van der Waals surface area contributed by atoms with Crippen molar-refractivity contribution in [3.8, 4) is 11.3 Å². The standard InChI is InChI=1S/C21H19ClN6O2S/c22-15-3-1-14(2-4-15)17-12-18(25-24-17)20(30)27-7-5-26(6-8-27)13-16-11-19(29)28-9-10-31-21(28)23-16/h1-4,9-12H,5-8,13H2,(H,24,25). The molecule has 4 heterocycles. The van der Waals surface area contributed by atoms with Gasteiger partial charge < -0.3 is 4.90 Å². The third-order valence-corrected chi connectivity index (χ3v) is 6.36. The molecule has 0 aliphatic carbocycles. The second kappa shape index (κ2) is 8.26. The van der Waals surface area contributed by atoms with E-state index in [2.05, 4.69) is 20.1 Å². The smallest absolute Gasteiger partial charge is 0.271 e. The summed E-state index contributed by atoms with van der Waals surface area (Å²) in [6.45, 7) is 3.24. The van der Waals surface area contributed by atoms with Crippen LogP contribution in [0.2, 0.25) is 5.02 Å². The van der Waals surface area contributed by atoms with Crippen LogP contribution >= 0.6 is 22.9 Å². The summed E-state index contributed by atoms with van der Waals surface area (Å²) >= 11 is 7.38. The van der Waals surface area contributed by atoms with Crippen molar-refractivity contribution >= 4 is 33.8 Å². The van der Waals surface area contributed by atoms with Crippen LogP contribution < -0.4 is 5.56 Å². The number of carbonyl (C=O) groups is 1. The number of hydrogen-bond acceptors (Lipinski definition) is 6. The van der Waals surface area contributed by atoms with E-state index in [-0.39, 0.29) is 11.5 Å². The van der Waals surface area contributed by atoms with Crippen LogP contribution in [-0.4, -0.2) is 61.5 Å². The van der Waals surface area contributed by atoms with E-state index in [0.29, 0.717) is 41.0 Å². The number of carbonyl (C=O) groups excluding carboxylic acids is 1. The lowest BCUT2D eigenvalue weighted by molar-refractivity contribution is 0.0621. The lowest BCUT2D eigenvalue weighted by atomic mass is 10.1. The van der Waals surface area contributed by atoms with E-state index in [1.165, 1.54) is 11.3 Å². The third-order valence-electron chi connectivity index (χ3n) is 5.35. The van der Waals surface area contributed by atoms with Gasteiger partial charge >= 0.3 is 0 Å². The minimum atomic E-state index is -0.0660. The van der Waals surface area contributed by atoms with E-state index in [1.807, 2.05) is 22.4 Å². The second-order valence-corrected chi connectivity index (χ2v) is 8.69. The molecule has 1 fully saturated rings. The fraction of sp³-hybridized carbons (Fsp3) is 0.238. The van der Waals surface area contributed by atoms with Gasteiger partial charge in [0.25, 0.3) is 11.5 Å². The molecule has 0 unspecified atom stereocenters. The molecule has 1 aromatic carbocycles. The Morgan fingerprint density at radius 2 is 1.90 bits per heavy atom. The zero-order valence-corrected chi connectivity index (χ0v) is 18.1. The van der Waals surface area contributed by atoms with Crippen LogP contribution in [0, 0.1) is 0 Å². The average molecular weight is 455 g/mol. The Hall–Kier alpha value is -3.01. The molecule has 1 aliphatic rings. The van der Waals surface area contributed by atoms with Gasteiger partial charge in [-0.05, 0) is 18.2 Å². The fourth-order valence-electron chi connectivity index (χ4n) is 3.68. The van der Waals surface area contributed by atoms with Crippen LogP contribution in [0.1, 0.15) is 16.2 Å². The van der Waals surface area contributed by atoms with Gasteiger partial charge in [-0.1, -0.05) is 23.7 Å². The van der Waals surface area contributed by atoms with Crippen LogP contribution in [0.5, 0.6) is 0 Å². The molecule has 1 amide bonds. The number of H-pyrrole nitrogens is 1. The number of piperazine rings is 1. The van der Waals surface area contributed by atoms with Crippen molar-refractivity contribution in [1.29, 1.82) is 0 Å². The molecular formula is C21H19ClN6O2S. The Morgan fingerprint density at radius 1 is 1.13 bits per heavy atom. The number of rotatable bonds is 4. The lowest BCUT2D eigenvalue weighted by Crippen LogP contribution is -2.48. The monoisotopic (exact) mass is 454 g/mol. The van der Waals surface area contributed by atoms with E-state index in [0.717, 1.165) is 24.3 Å². The quantitative estimate of drug-likeness (QED) is 0.512. The number of benzene rings is 1. The minimum absolute atomic E-state index is 0.0641. The van der Waals surface area contributed by atoms with Crippen LogP contribution in [0.15, 0.2) is 52.8 Å². The predicted octanol–water partition coefficient (Wildman–Crippen LogP) is 2.76. The van der Waals surface area contributed by atoms with Crippen molar-refractivity contribution in [2.75, 3.05) is 26.2 Å². The molecule has 3 aromatic heterocycles. The van der Waals surface area contributed by atoms with Crippen molar-refractivity contribution in [1.82, 2.24) is 29.4 Å². The number of aromatic nitrogens is 4. The SMILES string of the molecule is O=C(c1cc(-c2ccc(Cl)cc2)n[nH]1)N1CCN(Cc2cc(=O)n3ccsc3n2)CC1. The Bertz CT molecular complexity index is 1290. The van der Waals surface area contributed by atoms with Crippen LogP contribution in [0.4, 0.5) is 0 Å². The summed E-state index contributed by atoms with van der Waals surface area (Å²) in [5.74, 6) is -0.0660. The number of thiazole rings is 1. The first-order valence-corrected chi connectivity index (χ1v) is 11.1. The van der Waals surface area contributed by atoms with Crippen molar-refractivity contribution in [2.24, 2.45) is 0 Å². The summed E-state index contributed by atoms with van der Waals surface area (Å²) in [5.41, 5.74) is 2.77. The summed E-state index contributed by atoms with van der Waals surface area (Å²) in [6, 6.07) is 10.7. The molecule has 5 rings (SSSR count). The Kier molecular flexibility index (Phi) is 5.31. The predicted molar refractivity (Wildman–Crippen MR) is 120 cm³/mol. The fourth-order valence-corrected chi connectivity index (χ4v) is 4.54. The maximum atomic E-state index is 12.9. The molecule has 0 radical (unpaired) electrons. The first-order chi connectivity index (χ1) is 15.1. The molecule has 158 valence electrons. The average Bonchev–Trinajstić information content (AvgIpc) is 3.44. The maximum Gasteiger partial charge on any atom is 0.271 e. The molecule has 1 saturated heterocycles. The molecule has 0 bridgehead atoms. The van der Waals surface area contributed by atoms with Gasteiger partial charge in [0.2, 0.25) is 0 Å². The van der Waals surface area contributed by atoms with Crippen molar-refractivity contribution in [3.05, 3.63) is 74.7 Å². The molecule has 0 spiro atoms. The van der Waals surface area contributed by atoms with E-state index in [4.69, 9.17) is 11.6 Å². The summed E-state index contributed by atoms with van der Waals surface area (Å²) < 4.78 is 1.55. The first kappa shape index (κ1) is 19.9. The number of hydrogen-bond donors (Lipinski definition) is 1. The van der Waals surface area contributed by atoms with Gasteiger partial charge in [-0.2, -0.15) is 5.10 Å². The van der Waals surface area contributed by atoms with Crippen molar-refractivity contribution in [3.63, 3.8) is 0 Å². The highest BCUT2D eigenvalue weighted by atomic mass is 35.5. The number of nitrogens with zero attached hydrogens (tertiary/aromatic N) is 5. The topological polar surface area (TPSA) is 86.6 Å². The summed E-state index contributed by atoms with van der Waals surface area (Å²) in [6.07, 6.45) is 1.73. The van der Waals surface area contributed by atoms with Gasteiger partial charge in [-0.25, -0.2) is 4.98 Å². The number of halogens is 1. The number of amides is 1. The highest BCUT2D eigenvalue weighted by Gasteiger charge is 2.24. The number of fused-ring (bicyclic) bond motifs is 1. The largest absolute Gasteiger partial charge is 0.335 e. The molecular weight excluding hydrogens is 436 g/mol. The van der Waals surface area contributed by atoms with Crippen LogP contribution in [0.3, 0.4) is 0 Å². The Morgan fingerprint density at radius 3 is 2.68 bits per heavy atom. The molecule has 0 atom stereocenters. The Balaban J connectivity index is 1.21. The van der Waals surface area contributed by atoms with Gasteiger partial charge in [-0.3, -0.25) is 24.0 Å². The summed E-state index contributed by atoms with van der Waals surface area (Å²) in [7, 11) is 0. The van der Waals surface area contributed by atoms with Gasteiger partial charge in [0.1, 0.15) is 5.69 Å². The normalized spacial score (nSPS) is 14.9. The summed E-state index contributed by atoms with van der Waals surface area (Å²) in [5, 5.41) is 9.63. The third kappa shape index (κ3) is 4.12. The van der Waals surface area contributed by atoms with Gasteiger partial charge in [0, 0.05) is 61.0 Å². The molecule has 8 nitrogen and oxygen atoms in total. The van der Waals surface area contributed by atoms with E-state index >= 15 is 0 Å². The minimum Gasteiger partial charge on any atom is -0.335 e. The molecule has 10 heteroatoms. The van der Waals surface area contributed by atoms with E-state index in [9.17, 15) is 9.59 Å². The molecule has 31 heavy (non-hydrogen) atoms. The van der Waals surface area contributed by atoms with Gasteiger partial charge in [-0.15, -0.1) is 11.3 Å². The van der Waals surface area contributed by atoms with Crippen molar-refractivity contribution in [2.45, 2.75) is 6.54 Å². The highest BCUT2D eigenvalue weighted by Crippen LogP contribution is 2.21. The molecule has 0 saturated carbocycles. The number of nitrogens with one attached hydrogen (secondary N) is 1. The Labute approximate surface area is 186 Å². The zero-order chi connectivity index (χ0) is 21.4. The molecule has 1 aliphatic heterocycles. The van der Waals surface area contributed by atoms with Gasteiger partial charge in [0.15, 0.2) is 4.96 Å².